The highest BCUT2D eigenvalue weighted by atomic mass is 35.5. The number of fused-ring (bicyclic) bond motifs is 2. The number of nitrogens with zero attached hydrogens (tertiary/aromatic N) is 1. The van der Waals surface area contributed by atoms with Crippen LogP contribution < -0.4 is 0 Å². The highest BCUT2D eigenvalue weighted by molar-refractivity contribution is 6.30. The molecule has 0 atom stereocenters. The normalized spacial score (nSPS) is 11.6. The quantitative estimate of drug-likeness (QED) is 0.286. The number of aryl methyl sites for hydroxylation is 1. The molecule has 0 amide bonds. The number of halogens is 1. The summed E-state index contributed by atoms with van der Waals surface area (Å²) >= 11 is 6.04. The first-order valence-corrected chi connectivity index (χ1v) is 8.31. The Kier molecular flexibility index (Phi) is 3.79. The van der Waals surface area contributed by atoms with Crippen LogP contribution in [0.2, 0.25) is 5.02 Å². The standard InChI is InChI=1S/C22H16ClN/c1-15-12-18(23)10-11-22(15)24-14-21-19-8-4-2-6-16(19)13-17-7-3-5-9-20(17)21/h2-14H,1H3. The van der Waals surface area contributed by atoms with Crippen LogP contribution in [0.4, 0.5) is 5.69 Å². The molecule has 0 fully saturated rings. The molecular weight excluding hydrogens is 314 g/mol. The molecule has 24 heavy (non-hydrogen) atoms. The number of rotatable bonds is 2. The molecular formula is C22H16ClN. The molecule has 0 aliphatic heterocycles. The molecule has 4 aromatic rings. The summed E-state index contributed by atoms with van der Waals surface area (Å²) in [6, 6.07) is 24.9. The number of benzene rings is 4. The predicted molar refractivity (Wildman–Crippen MR) is 105 cm³/mol. The SMILES string of the molecule is Cc1cc(Cl)ccc1N=Cc1c2ccccc2cc2ccccc12. The van der Waals surface area contributed by atoms with Crippen LogP contribution in [0.25, 0.3) is 21.5 Å². The summed E-state index contributed by atoms with van der Waals surface area (Å²) in [4.78, 5) is 4.73. The van der Waals surface area contributed by atoms with Crippen LogP contribution in [0, 0.1) is 6.92 Å². The monoisotopic (exact) mass is 329 g/mol. The average molecular weight is 330 g/mol. The van der Waals surface area contributed by atoms with Crippen molar-refractivity contribution in [3.8, 4) is 0 Å². The number of hydrogen-bond acceptors (Lipinski definition) is 1. The lowest BCUT2D eigenvalue weighted by Gasteiger charge is -2.08. The van der Waals surface area contributed by atoms with E-state index >= 15 is 0 Å². The summed E-state index contributed by atoms with van der Waals surface area (Å²) in [5, 5.41) is 5.62. The van der Waals surface area contributed by atoms with Gasteiger partial charge in [0.2, 0.25) is 0 Å². The second-order valence-electron chi connectivity index (χ2n) is 5.92. The molecule has 0 aliphatic carbocycles. The van der Waals surface area contributed by atoms with Gasteiger partial charge >= 0.3 is 0 Å². The maximum absolute atomic E-state index is 6.04. The zero-order valence-electron chi connectivity index (χ0n) is 13.3. The molecule has 4 rings (SSSR count). The van der Waals surface area contributed by atoms with Crippen LogP contribution >= 0.6 is 11.6 Å². The molecule has 0 spiro atoms. The third kappa shape index (κ3) is 2.68. The minimum atomic E-state index is 0.738. The van der Waals surface area contributed by atoms with E-state index in [0.29, 0.717) is 0 Å². The molecule has 2 heteroatoms. The van der Waals surface area contributed by atoms with E-state index in [1.54, 1.807) is 0 Å². The minimum Gasteiger partial charge on any atom is -0.256 e. The van der Waals surface area contributed by atoms with Crippen LogP contribution in [0.5, 0.6) is 0 Å². The molecule has 1 nitrogen and oxygen atoms in total. The second kappa shape index (κ2) is 6.10. The van der Waals surface area contributed by atoms with Gasteiger partial charge in [0.1, 0.15) is 0 Å². The van der Waals surface area contributed by atoms with E-state index in [1.807, 2.05) is 31.3 Å². The van der Waals surface area contributed by atoms with Gasteiger partial charge in [-0.15, -0.1) is 0 Å². The lowest BCUT2D eigenvalue weighted by molar-refractivity contribution is 1.41. The Morgan fingerprint density at radius 2 is 1.42 bits per heavy atom. The highest BCUT2D eigenvalue weighted by Gasteiger charge is 2.05. The molecule has 0 saturated heterocycles. The largest absolute Gasteiger partial charge is 0.256 e. The van der Waals surface area contributed by atoms with Gasteiger partial charge < -0.3 is 0 Å². The summed E-state index contributed by atoms with van der Waals surface area (Å²) in [6.45, 7) is 2.03. The second-order valence-corrected chi connectivity index (χ2v) is 6.36. The van der Waals surface area contributed by atoms with Gasteiger partial charge in [-0.05, 0) is 58.3 Å². The number of hydrogen-bond donors (Lipinski definition) is 0. The van der Waals surface area contributed by atoms with Crippen LogP contribution in [-0.4, -0.2) is 6.21 Å². The molecule has 0 radical (unpaired) electrons. The molecule has 0 unspecified atom stereocenters. The van der Waals surface area contributed by atoms with Gasteiger partial charge in [-0.25, -0.2) is 0 Å². The lowest BCUT2D eigenvalue weighted by atomic mass is 9.97. The van der Waals surface area contributed by atoms with Gasteiger partial charge in [0.05, 0.1) is 5.69 Å². The summed E-state index contributed by atoms with van der Waals surface area (Å²) in [6.07, 6.45) is 1.97. The van der Waals surface area contributed by atoms with Crippen molar-refractivity contribution < 1.29 is 0 Å². The fraction of sp³-hybridized carbons (Fsp3) is 0.0455. The van der Waals surface area contributed by atoms with Crippen molar-refractivity contribution in [2.45, 2.75) is 6.92 Å². The van der Waals surface area contributed by atoms with Gasteiger partial charge in [0, 0.05) is 16.8 Å². The Hall–Kier alpha value is -2.64. The van der Waals surface area contributed by atoms with Crippen LogP contribution in [0.15, 0.2) is 77.8 Å². The molecule has 116 valence electrons. The van der Waals surface area contributed by atoms with Crippen molar-refractivity contribution in [1.29, 1.82) is 0 Å². The third-order valence-corrected chi connectivity index (χ3v) is 4.54. The van der Waals surface area contributed by atoms with Gasteiger partial charge in [-0.2, -0.15) is 0 Å². The van der Waals surface area contributed by atoms with Crippen molar-refractivity contribution in [3.63, 3.8) is 0 Å². The molecule has 0 bridgehead atoms. The molecule has 0 saturated carbocycles. The fourth-order valence-corrected chi connectivity index (χ4v) is 3.31. The zero-order valence-corrected chi connectivity index (χ0v) is 14.1. The highest BCUT2D eigenvalue weighted by Crippen LogP contribution is 2.28. The first kappa shape index (κ1) is 14.9. The fourth-order valence-electron chi connectivity index (χ4n) is 3.09. The van der Waals surface area contributed by atoms with Crippen molar-refractivity contribution >= 4 is 45.0 Å². The topological polar surface area (TPSA) is 12.4 Å². The van der Waals surface area contributed by atoms with Crippen LogP contribution in [0.3, 0.4) is 0 Å². The van der Waals surface area contributed by atoms with Crippen molar-refractivity contribution in [2.24, 2.45) is 4.99 Å². The van der Waals surface area contributed by atoms with Crippen LogP contribution in [0.1, 0.15) is 11.1 Å². The van der Waals surface area contributed by atoms with E-state index < -0.39 is 0 Å². The van der Waals surface area contributed by atoms with Crippen molar-refractivity contribution in [3.05, 3.63) is 88.9 Å². The van der Waals surface area contributed by atoms with E-state index in [1.165, 1.54) is 21.5 Å². The van der Waals surface area contributed by atoms with Gasteiger partial charge in [-0.3, -0.25) is 4.99 Å². The van der Waals surface area contributed by atoms with E-state index in [-0.39, 0.29) is 0 Å². The minimum absolute atomic E-state index is 0.738. The zero-order chi connectivity index (χ0) is 16.5. The maximum atomic E-state index is 6.04. The van der Waals surface area contributed by atoms with Gasteiger partial charge in [0.25, 0.3) is 0 Å². The predicted octanol–water partition coefficient (Wildman–Crippen LogP) is 6.71. The summed E-state index contributed by atoms with van der Waals surface area (Å²) in [5.41, 5.74) is 3.16. The molecule has 4 aromatic carbocycles. The average Bonchev–Trinajstić information content (AvgIpc) is 2.60. The number of aliphatic imine (C=N–C) groups is 1. The van der Waals surface area contributed by atoms with Gasteiger partial charge in [-0.1, -0.05) is 60.1 Å². The molecule has 0 heterocycles. The smallest absolute Gasteiger partial charge is 0.0660 e. The first-order valence-electron chi connectivity index (χ1n) is 7.93. The summed E-state index contributed by atoms with van der Waals surface area (Å²) in [5.74, 6) is 0. The lowest BCUT2D eigenvalue weighted by Crippen LogP contribution is -1.88. The maximum Gasteiger partial charge on any atom is 0.0660 e. The Morgan fingerprint density at radius 3 is 2.04 bits per heavy atom. The van der Waals surface area contributed by atoms with E-state index in [4.69, 9.17) is 16.6 Å². The summed E-state index contributed by atoms with van der Waals surface area (Å²) < 4.78 is 0. The van der Waals surface area contributed by atoms with Crippen molar-refractivity contribution in [1.82, 2.24) is 0 Å². The van der Waals surface area contributed by atoms with Gasteiger partial charge in [0.15, 0.2) is 0 Å². The van der Waals surface area contributed by atoms with Crippen molar-refractivity contribution in [2.75, 3.05) is 0 Å². The Bertz CT molecular complexity index is 1030. The Morgan fingerprint density at radius 1 is 0.792 bits per heavy atom. The molecule has 0 aliphatic rings. The first-order chi connectivity index (χ1) is 11.7. The Labute approximate surface area is 146 Å². The van der Waals surface area contributed by atoms with E-state index in [0.717, 1.165) is 21.8 Å². The summed E-state index contributed by atoms with van der Waals surface area (Å²) in [7, 11) is 0. The van der Waals surface area contributed by atoms with E-state index in [2.05, 4.69) is 54.6 Å². The molecule has 0 aromatic heterocycles. The Balaban J connectivity index is 1.95. The molecule has 0 N–H and O–H groups in total. The third-order valence-electron chi connectivity index (χ3n) is 4.30. The van der Waals surface area contributed by atoms with E-state index in [9.17, 15) is 0 Å². The van der Waals surface area contributed by atoms with Crippen LogP contribution in [-0.2, 0) is 0 Å².